The van der Waals surface area contributed by atoms with Crippen molar-refractivity contribution in [1.29, 1.82) is 0 Å². The second-order valence-electron chi connectivity index (χ2n) is 2.80. The summed E-state index contributed by atoms with van der Waals surface area (Å²) in [5.41, 5.74) is 0. The molecule has 80 valence electrons. The average Bonchev–Trinajstić information content (AvgIpc) is 2.23. The van der Waals surface area contributed by atoms with Gasteiger partial charge in [0.2, 0.25) is 5.91 Å². The molecule has 0 saturated carbocycles. The summed E-state index contributed by atoms with van der Waals surface area (Å²) in [6.45, 7) is 1.63. The molecule has 0 radical (unpaired) electrons. The normalized spacial score (nSPS) is 23.3. The molecule has 1 heterocycles. The lowest BCUT2D eigenvalue weighted by Crippen LogP contribution is -2.34. The van der Waals surface area contributed by atoms with Crippen LogP contribution in [0, 0.1) is 0 Å². The Kier molecular flexibility index (Phi) is 3.51. The van der Waals surface area contributed by atoms with Gasteiger partial charge in [0.1, 0.15) is 4.32 Å². The van der Waals surface area contributed by atoms with Gasteiger partial charge in [-0.25, -0.2) is 0 Å². The second-order valence-corrected chi connectivity index (χ2v) is 6.35. The van der Waals surface area contributed by atoms with Crippen LogP contribution in [0.25, 0.3) is 0 Å². The van der Waals surface area contributed by atoms with Gasteiger partial charge in [0.05, 0.1) is 11.0 Å². The van der Waals surface area contributed by atoms with Crippen molar-refractivity contribution in [3.8, 4) is 0 Å². The Morgan fingerprint density at radius 1 is 1.64 bits per heavy atom. The second kappa shape index (κ2) is 4.13. The van der Waals surface area contributed by atoms with Gasteiger partial charge in [-0.3, -0.25) is 14.2 Å². The first-order chi connectivity index (χ1) is 6.31. The molecule has 0 aromatic heterocycles. The van der Waals surface area contributed by atoms with E-state index in [1.54, 1.807) is 6.92 Å². The smallest absolute Gasteiger partial charge is 0.266 e. The number of amides is 1. The summed E-state index contributed by atoms with van der Waals surface area (Å²) in [6, 6.07) is 0. The Labute approximate surface area is 91.6 Å². The highest BCUT2D eigenvalue weighted by Gasteiger charge is 2.33. The topological polar surface area (TPSA) is 74.7 Å². The third-order valence-corrected chi connectivity index (χ3v) is 3.87. The summed E-state index contributed by atoms with van der Waals surface area (Å²) in [7, 11) is -4.04. The molecule has 1 atom stereocenters. The van der Waals surface area contributed by atoms with E-state index in [0.717, 1.165) is 0 Å². The van der Waals surface area contributed by atoms with E-state index < -0.39 is 15.9 Å². The Hall–Kier alpha value is -0.180. The first kappa shape index (κ1) is 11.9. The minimum atomic E-state index is -4.04. The van der Waals surface area contributed by atoms with Gasteiger partial charge >= 0.3 is 0 Å². The largest absolute Gasteiger partial charge is 0.296 e. The van der Waals surface area contributed by atoms with E-state index in [-0.39, 0.29) is 17.7 Å². The number of carbonyl (C=O) groups excluding carboxylic acids is 1. The summed E-state index contributed by atoms with van der Waals surface area (Å²) in [6.07, 6.45) is 0. The van der Waals surface area contributed by atoms with Crippen molar-refractivity contribution in [3.63, 3.8) is 0 Å². The van der Waals surface area contributed by atoms with Crippen LogP contribution in [0.3, 0.4) is 0 Å². The molecule has 1 aliphatic rings. The molecular formula is C6H9NO4S3. The van der Waals surface area contributed by atoms with Crippen LogP contribution in [0.4, 0.5) is 0 Å². The molecular weight excluding hydrogens is 246 g/mol. The van der Waals surface area contributed by atoms with E-state index in [9.17, 15) is 13.2 Å². The van der Waals surface area contributed by atoms with Crippen molar-refractivity contribution >= 4 is 44.3 Å². The van der Waals surface area contributed by atoms with E-state index in [1.165, 1.54) is 16.7 Å². The summed E-state index contributed by atoms with van der Waals surface area (Å²) in [5.74, 6) is -0.685. The highest BCUT2D eigenvalue weighted by molar-refractivity contribution is 8.24. The lowest BCUT2D eigenvalue weighted by molar-refractivity contribution is -0.125. The molecule has 1 aliphatic heterocycles. The molecule has 0 spiro atoms. The lowest BCUT2D eigenvalue weighted by atomic mass is 10.4. The maximum Gasteiger partial charge on any atom is 0.266 e. The Morgan fingerprint density at radius 3 is 2.57 bits per heavy atom. The van der Waals surface area contributed by atoms with Crippen molar-refractivity contribution in [2.45, 2.75) is 12.2 Å². The number of hydrogen-bond donors (Lipinski definition) is 1. The number of thiocarbonyl (C=S) groups is 1. The predicted octanol–water partition coefficient (Wildman–Crippen LogP) is 0.123. The van der Waals surface area contributed by atoms with Gasteiger partial charge in [-0.1, -0.05) is 24.0 Å². The van der Waals surface area contributed by atoms with Gasteiger partial charge in [-0.05, 0) is 6.92 Å². The molecule has 0 aliphatic carbocycles. The fraction of sp³-hybridized carbons (Fsp3) is 0.667. The number of nitrogens with zero attached hydrogens (tertiary/aromatic N) is 1. The number of rotatable bonds is 3. The van der Waals surface area contributed by atoms with Crippen LogP contribution in [0.5, 0.6) is 0 Å². The molecule has 0 aromatic carbocycles. The SMILES string of the molecule is CC1SC(=S)N(CCS(=O)(=O)O)C1=O. The molecule has 1 fully saturated rings. The quantitative estimate of drug-likeness (QED) is 0.570. The standard InChI is InChI=1S/C6H9NO4S3/c1-4-5(8)7(6(12)13-4)2-3-14(9,10)11/h4H,2-3H2,1H3,(H,9,10,11). The number of carbonyl (C=O) groups is 1. The van der Waals surface area contributed by atoms with Gasteiger partial charge < -0.3 is 0 Å². The van der Waals surface area contributed by atoms with Crippen molar-refractivity contribution in [2.75, 3.05) is 12.3 Å². The maximum absolute atomic E-state index is 11.4. The minimum Gasteiger partial charge on any atom is -0.296 e. The molecule has 1 saturated heterocycles. The number of hydrogen-bond acceptors (Lipinski definition) is 5. The minimum absolute atomic E-state index is 0.0756. The van der Waals surface area contributed by atoms with Gasteiger partial charge in [-0.15, -0.1) is 0 Å². The van der Waals surface area contributed by atoms with E-state index in [4.69, 9.17) is 16.8 Å². The summed E-state index contributed by atoms with van der Waals surface area (Å²) >= 11 is 6.09. The molecule has 0 aromatic rings. The molecule has 1 rings (SSSR count). The van der Waals surface area contributed by atoms with Crippen molar-refractivity contribution in [1.82, 2.24) is 4.90 Å². The maximum atomic E-state index is 11.4. The van der Waals surface area contributed by atoms with Crippen LogP contribution in [0.1, 0.15) is 6.92 Å². The molecule has 0 bridgehead atoms. The van der Waals surface area contributed by atoms with Crippen LogP contribution in [0.2, 0.25) is 0 Å². The molecule has 1 N–H and O–H groups in total. The summed E-state index contributed by atoms with van der Waals surface area (Å²) in [5, 5.41) is -0.260. The van der Waals surface area contributed by atoms with Crippen LogP contribution < -0.4 is 0 Å². The van der Waals surface area contributed by atoms with Crippen LogP contribution >= 0.6 is 24.0 Å². The van der Waals surface area contributed by atoms with Crippen molar-refractivity contribution in [3.05, 3.63) is 0 Å². The summed E-state index contributed by atoms with van der Waals surface area (Å²) in [4.78, 5) is 12.6. The molecule has 1 unspecified atom stereocenters. The molecule has 5 nitrogen and oxygen atoms in total. The first-order valence-corrected chi connectivity index (χ1v) is 6.68. The van der Waals surface area contributed by atoms with E-state index in [2.05, 4.69) is 0 Å². The van der Waals surface area contributed by atoms with Gasteiger partial charge in [0.25, 0.3) is 10.1 Å². The average molecular weight is 255 g/mol. The third-order valence-electron chi connectivity index (χ3n) is 1.68. The first-order valence-electron chi connectivity index (χ1n) is 3.78. The fourth-order valence-electron chi connectivity index (χ4n) is 0.983. The Morgan fingerprint density at radius 2 is 2.21 bits per heavy atom. The zero-order chi connectivity index (χ0) is 10.9. The fourth-order valence-corrected chi connectivity index (χ4v) is 2.85. The Bertz CT molecular complexity index is 363. The van der Waals surface area contributed by atoms with Crippen molar-refractivity contribution < 1.29 is 17.8 Å². The van der Waals surface area contributed by atoms with Gasteiger partial charge in [-0.2, -0.15) is 8.42 Å². The van der Waals surface area contributed by atoms with E-state index in [0.29, 0.717) is 4.32 Å². The highest BCUT2D eigenvalue weighted by atomic mass is 32.2. The zero-order valence-electron chi connectivity index (χ0n) is 7.34. The monoisotopic (exact) mass is 255 g/mol. The van der Waals surface area contributed by atoms with Gasteiger partial charge in [0.15, 0.2) is 0 Å². The lowest BCUT2D eigenvalue weighted by Gasteiger charge is -2.13. The van der Waals surface area contributed by atoms with Crippen LogP contribution in [0.15, 0.2) is 0 Å². The highest BCUT2D eigenvalue weighted by Crippen LogP contribution is 2.26. The molecule has 1 amide bonds. The van der Waals surface area contributed by atoms with Crippen molar-refractivity contribution in [2.24, 2.45) is 0 Å². The van der Waals surface area contributed by atoms with Crippen LogP contribution in [-0.2, 0) is 14.9 Å². The van der Waals surface area contributed by atoms with E-state index >= 15 is 0 Å². The third kappa shape index (κ3) is 2.91. The summed E-state index contributed by atoms with van der Waals surface area (Å²) < 4.78 is 29.8. The molecule has 14 heavy (non-hydrogen) atoms. The van der Waals surface area contributed by atoms with Crippen LogP contribution in [-0.4, -0.2) is 45.6 Å². The number of thioether (sulfide) groups is 1. The van der Waals surface area contributed by atoms with E-state index in [1.807, 2.05) is 0 Å². The predicted molar refractivity (Wildman–Crippen MR) is 57.8 cm³/mol. The van der Waals surface area contributed by atoms with Gasteiger partial charge in [0, 0.05) is 6.54 Å². The zero-order valence-corrected chi connectivity index (χ0v) is 9.78. The molecule has 8 heteroatoms. The Balaban J connectivity index is 2.62.